The molecule has 1 amide bonds. The first-order valence-corrected chi connectivity index (χ1v) is 8.22. The molecule has 2 rings (SSSR count). The highest BCUT2D eigenvalue weighted by Gasteiger charge is 2.18. The highest BCUT2D eigenvalue weighted by Crippen LogP contribution is 2.15. The number of hydrogen-bond donors (Lipinski definition) is 1. The van der Waals surface area contributed by atoms with Gasteiger partial charge in [0, 0.05) is 16.3 Å². The van der Waals surface area contributed by atoms with Crippen LogP contribution in [0.4, 0.5) is 5.69 Å². The van der Waals surface area contributed by atoms with Crippen molar-refractivity contribution in [2.75, 3.05) is 11.9 Å². The van der Waals surface area contributed by atoms with E-state index >= 15 is 0 Å². The second-order valence-electron chi connectivity index (χ2n) is 5.50. The predicted molar refractivity (Wildman–Crippen MR) is 97.6 cm³/mol. The van der Waals surface area contributed by atoms with E-state index < -0.39 is 18.0 Å². The van der Waals surface area contributed by atoms with Gasteiger partial charge in [0.2, 0.25) is 0 Å². The van der Waals surface area contributed by atoms with E-state index in [4.69, 9.17) is 21.1 Å². The molecule has 0 saturated carbocycles. The van der Waals surface area contributed by atoms with Crippen LogP contribution in [0.25, 0.3) is 0 Å². The molecule has 26 heavy (non-hydrogen) atoms. The fraction of sp³-hybridized carbons (Fsp3) is 0.211. The van der Waals surface area contributed by atoms with Gasteiger partial charge in [-0.15, -0.1) is 0 Å². The van der Waals surface area contributed by atoms with E-state index in [0.717, 1.165) is 0 Å². The van der Waals surface area contributed by atoms with Crippen molar-refractivity contribution in [3.63, 3.8) is 0 Å². The first-order valence-electron chi connectivity index (χ1n) is 7.85. The molecule has 1 N–H and O–H groups in total. The summed E-state index contributed by atoms with van der Waals surface area (Å²) in [5.74, 6) is -0.838. The van der Waals surface area contributed by atoms with Crippen molar-refractivity contribution in [2.24, 2.45) is 0 Å². The molecule has 2 aromatic carbocycles. The molecule has 0 saturated heterocycles. The number of ketones is 1. The fourth-order valence-electron chi connectivity index (χ4n) is 2.02. The molecule has 136 valence electrons. The van der Waals surface area contributed by atoms with Crippen molar-refractivity contribution in [3.05, 3.63) is 59.1 Å². The van der Waals surface area contributed by atoms with Gasteiger partial charge in [-0.05, 0) is 50.2 Å². The summed E-state index contributed by atoms with van der Waals surface area (Å²) >= 11 is 5.76. The number of nitrogens with one attached hydrogen (secondary N) is 1. The summed E-state index contributed by atoms with van der Waals surface area (Å²) in [6, 6.07) is 13.0. The monoisotopic (exact) mass is 375 g/mol. The molecule has 0 unspecified atom stereocenters. The lowest BCUT2D eigenvalue weighted by Crippen LogP contribution is -2.31. The molecule has 0 aliphatic heterocycles. The van der Waals surface area contributed by atoms with E-state index in [1.807, 2.05) is 0 Å². The van der Waals surface area contributed by atoms with E-state index in [1.165, 1.54) is 13.8 Å². The van der Waals surface area contributed by atoms with Crippen LogP contribution >= 0.6 is 11.6 Å². The zero-order valence-electron chi connectivity index (χ0n) is 14.3. The van der Waals surface area contributed by atoms with Gasteiger partial charge < -0.3 is 14.8 Å². The summed E-state index contributed by atoms with van der Waals surface area (Å²) < 4.78 is 10.3. The molecule has 6 nitrogen and oxygen atoms in total. The van der Waals surface area contributed by atoms with Gasteiger partial charge in [0.1, 0.15) is 5.75 Å². The topological polar surface area (TPSA) is 81.7 Å². The molecule has 0 aromatic heterocycles. The number of carbonyl (C=O) groups is 3. The van der Waals surface area contributed by atoms with Crippen molar-refractivity contribution in [3.8, 4) is 5.75 Å². The zero-order chi connectivity index (χ0) is 19.1. The van der Waals surface area contributed by atoms with Crippen LogP contribution in [0.2, 0.25) is 5.02 Å². The van der Waals surface area contributed by atoms with Crippen LogP contribution in [0.3, 0.4) is 0 Å². The quantitative estimate of drug-likeness (QED) is 0.591. The Morgan fingerprint density at radius 1 is 1.12 bits per heavy atom. The van der Waals surface area contributed by atoms with E-state index in [0.29, 0.717) is 22.0 Å². The predicted octanol–water partition coefficient (Wildman–Crippen LogP) is 3.49. The standard InChI is InChI=1S/C19H18ClNO5/c1-12(22)14-4-3-5-16(10-14)21-19(24)13(2)26-18(23)11-25-17-8-6-15(20)7-9-17/h3-10,13H,11H2,1-2H3,(H,21,24)/t13-/m0/s1. The highest BCUT2D eigenvalue weighted by molar-refractivity contribution is 6.30. The average Bonchev–Trinajstić information content (AvgIpc) is 2.61. The maximum absolute atomic E-state index is 12.1. The molecular weight excluding hydrogens is 358 g/mol. The van der Waals surface area contributed by atoms with Crippen LogP contribution < -0.4 is 10.1 Å². The fourth-order valence-corrected chi connectivity index (χ4v) is 2.14. The van der Waals surface area contributed by atoms with Crippen LogP contribution in [0.15, 0.2) is 48.5 Å². The number of amides is 1. The Morgan fingerprint density at radius 3 is 2.46 bits per heavy atom. The number of Topliss-reactive ketones (excluding diaryl/α,β-unsaturated/α-hetero) is 1. The van der Waals surface area contributed by atoms with Crippen LogP contribution in [-0.2, 0) is 14.3 Å². The molecule has 0 spiro atoms. The number of halogens is 1. The minimum absolute atomic E-state index is 0.111. The lowest BCUT2D eigenvalue weighted by atomic mass is 10.1. The number of benzene rings is 2. The maximum Gasteiger partial charge on any atom is 0.344 e. The normalized spacial score (nSPS) is 11.3. The van der Waals surface area contributed by atoms with Gasteiger partial charge in [-0.2, -0.15) is 0 Å². The minimum Gasteiger partial charge on any atom is -0.482 e. The Balaban J connectivity index is 1.84. The van der Waals surface area contributed by atoms with Gasteiger partial charge in [-0.1, -0.05) is 23.7 Å². The Labute approximate surface area is 156 Å². The third-order valence-corrected chi connectivity index (χ3v) is 3.64. The molecule has 0 aliphatic carbocycles. The maximum atomic E-state index is 12.1. The van der Waals surface area contributed by atoms with Crippen LogP contribution in [0.1, 0.15) is 24.2 Å². The van der Waals surface area contributed by atoms with Gasteiger partial charge in [0.15, 0.2) is 18.5 Å². The third kappa shape index (κ3) is 5.89. The molecule has 0 fully saturated rings. The van der Waals surface area contributed by atoms with Gasteiger partial charge >= 0.3 is 5.97 Å². The van der Waals surface area contributed by atoms with Gasteiger partial charge in [-0.3, -0.25) is 9.59 Å². The summed E-state index contributed by atoms with van der Waals surface area (Å²) in [4.78, 5) is 35.3. The Bertz CT molecular complexity index is 804. The van der Waals surface area contributed by atoms with Crippen molar-refractivity contribution >= 4 is 34.9 Å². The minimum atomic E-state index is -1.02. The smallest absolute Gasteiger partial charge is 0.344 e. The molecule has 0 aliphatic rings. The van der Waals surface area contributed by atoms with Crippen molar-refractivity contribution < 1.29 is 23.9 Å². The van der Waals surface area contributed by atoms with Crippen molar-refractivity contribution in [2.45, 2.75) is 20.0 Å². The van der Waals surface area contributed by atoms with E-state index in [1.54, 1.807) is 48.5 Å². The van der Waals surface area contributed by atoms with Crippen LogP contribution in [0.5, 0.6) is 5.75 Å². The molecule has 2 aromatic rings. The van der Waals surface area contributed by atoms with Gasteiger partial charge in [0.25, 0.3) is 5.91 Å². The lowest BCUT2D eigenvalue weighted by molar-refractivity contribution is -0.155. The van der Waals surface area contributed by atoms with E-state index in [2.05, 4.69) is 5.32 Å². The number of anilines is 1. The molecule has 1 atom stereocenters. The first kappa shape index (κ1) is 19.5. The molecule has 0 bridgehead atoms. The number of esters is 1. The van der Waals surface area contributed by atoms with Crippen molar-refractivity contribution in [1.29, 1.82) is 0 Å². The van der Waals surface area contributed by atoms with E-state index in [9.17, 15) is 14.4 Å². The Kier molecular flexibility index (Phi) is 6.74. The number of rotatable bonds is 7. The van der Waals surface area contributed by atoms with Crippen LogP contribution in [-0.4, -0.2) is 30.4 Å². The molecule has 0 heterocycles. The van der Waals surface area contributed by atoms with Crippen LogP contribution in [0, 0.1) is 0 Å². The molecule has 0 radical (unpaired) electrons. The SMILES string of the molecule is CC(=O)c1cccc(NC(=O)[C@H](C)OC(=O)COc2ccc(Cl)cc2)c1. The first-order chi connectivity index (χ1) is 12.3. The largest absolute Gasteiger partial charge is 0.482 e. The van der Waals surface area contributed by atoms with Gasteiger partial charge in [0.05, 0.1) is 0 Å². The summed E-state index contributed by atoms with van der Waals surface area (Å²) in [5, 5.41) is 3.15. The number of carbonyl (C=O) groups excluding carboxylic acids is 3. The Hall–Kier alpha value is -2.86. The number of hydrogen-bond acceptors (Lipinski definition) is 5. The number of ether oxygens (including phenoxy) is 2. The molecule has 7 heteroatoms. The summed E-state index contributed by atoms with van der Waals surface area (Å²) in [7, 11) is 0. The van der Waals surface area contributed by atoms with E-state index in [-0.39, 0.29) is 12.4 Å². The highest BCUT2D eigenvalue weighted by atomic mass is 35.5. The zero-order valence-corrected chi connectivity index (χ0v) is 15.1. The second kappa shape index (κ2) is 9.01. The summed E-state index contributed by atoms with van der Waals surface area (Å²) in [6.45, 7) is 2.55. The average molecular weight is 376 g/mol. The summed E-state index contributed by atoms with van der Waals surface area (Å²) in [5.41, 5.74) is 0.923. The second-order valence-corrected chi connectivity index (χ2v) is 5.94. The summed E-state index contributed by atoms with van der Waals surface area (Å²) in [6.07, 6.45) is -1.02. The third-order valence-electron chi connectivity index (χ3n) is 3.38. The Morgan fingerprint density at radius 2 is 1.81 bits per heavy atom. The molecular formula is C19H18ClNO5. The lowest BCUT2D eigenvalue weighted by Gasteiger charge is -2.14. The van der Waals surface area contributed by atoms with Gasteiger partial charge in [-0.25, -0.2) is 4.79 Å². The van der Waals surface area contributed by atoms with Crippen molar-refractivity contribution in [1.82, 2.24) is 0 Å².